The molecule has 0 unspecified atom stereocenters. The Morgan fingerprint density at radius 3 is 2.36 bits per heavy atom. The number of hydrogen-bond donors (Lipinski definition) is 0. The number of rotatable bonds is 7. The number of carbonyl (C=O) groups is 1. The van der Waals surface area contributed by atoms with Gasteiger partial charge in [0, 0.05) is 13.1 Å². The molecule has 6 heteroatoms. The second kappa shape index (κ2) is 9.20. The third-order valence-electron chi connectivity index (χ3n) is 4.67. The van der Waals surface area contributed by atoms with Crippen LogP contribution in [0, 0.1) is 6.92 Å². The summed E-state index contributed by atoms with van der Waals surface area (Å²) in [6.07, 6.45) is 0.777. The molecular formula is C22H26ClNO4. The lowest BCUT2D eigenvalue weighted by Crippen LogP contribution is -2.38. The van der Waals surface area contributed by atoms with Gasteiger partial charge in [-0.2, -0.15) is 0 Å². The van der Waals surface area contributed by atoms with Crippen molar-refractivity contribution in [3.8, 4) is 17.2 Å². The number of benzene rings is 2. The monoisotopic (exact) mass is 403 g/mol. The summed E-state index contributed by atoms with van der Waals surface area (Å²) in [6.45, 7) is 8.15. The van der Waals surface area contributed by atoms with E-state index in [4.69, 9.17) is 25.8 Å². The largest absolute Gasteiger partial charge is 0.490 e. The highest BCUT2D eigenvalue weighted by Gasteiger charge is 2.23. The van der Waals surface area contributed by atoms with Crippen LogP contribution in [0.4, 0.5) is 0 Å². The topological polar surface area (TPSA) is 48.0 Å². The van der Waals surface area contributed by atoms with Crippen LogP contribution in [0.25, 0.3) is 0 Å². The molecule has 1 heterocycles. The second-order valence-corrected chi connectivity index (χ2v) is 7.13. The molecule has 0 radical (unpaired) electrons. The molecular weight excluding hydrogens is 378 g/mol. The standard InChI is InChI=1S/C22H26ClNO4/c1-4-26-20-11-16-8-9-24(13-17(16)12-21(20)27-5-2)22(25)14-28-19-10-15(3)6-7-18(19)23/h6-7,10-12H,4-5,8-9,13-14H2,1-3H3. The van der Waals surface area contributed by atoms with Gasteiger partial charge in [0.25, 0.3) is 5.91 Å². The van der Waals surface area contributed by atoms with E-state index in [2.05, 4.69) is 0 Å². The van der Waals surface area contributed by atoms with Gasteiger partial charge >= 0.3 is 0 Å². The van der Waals surface area contributed by atoms with Crippen molar-refractivity contribution in [3.05, 3.63) is 52.0 Å². The smallest absolute Gasteiger partial charge is 0.260 e. The van der Waals surface area contributed by atoms with E-state index >= 15 is 0 Å². The number of hydrogen-bond acceptors (Lipinski definition) is 4. The van der Waals surface area contributed by atoms with Gasteiger partial charge in [-0.1, -0.05) is 17.7 Å². The van der Waals surface area contributed by atoms with Gasteiger partial charge in [-0.3, -0.25) is 4.79 Å². The lowest BCUT2D eigenvalue weighted by atomic mass is 9.98. The Morgan fingerprint density at radius 2 is 1.68 bits per heavy atom. The minimum Gasteiger partial charge on any atom is -0.490 e. The molecule has 5 nitrogen and oxygen atoms in total. The van der Waals surface area contributed by atoms with Gasteiger partial charge in [-0.05, 0) is 68.1 Å². The summed E-state index contributed by atoms with van der Waals surface area (Å²) in [6, 6.07) is 9.55. The molecule has 0 saturated heterocycles. The fraction of sp³-hybridized carbons (Fsp3) is 0.409. The molecule has 0 bridgehead atoms. The number of ether oxygens (including phenoxy) is 3. The van der Waals surface area contributed by atoms with E-state index in [-0.39, 0.29) is 12.5 Å². The molecule has 3 rings (SSSR count). The molecule has 28 heavy (non-hydrogen) atoms. The first-order valence-corrected chi connectivity index (χ1v) is 9.97. The van der Waals surface area contributed by atoms with Gasteiger partial charge in [-0.25, -0.2) is 0 Å². The van der Waals surface area contributed by atoms with Crippen LogP contribution < -0.4 is 14.2 Å². The van der Waals surface area contributed by atoms with E-state index in [0.29, 0.717) is 37.1 Å². The van der Waals surface area contributed by atoms with Gasteiger partial charge < -0.3 is 19.1 Å². The van der Waals surface area contributed by atoms with E-state index < -0.39 is 0 Å². The number of aryl methyl sites for hydroxylation is 1. The maximum atomic E-state index is 12.7. The van der Waals surface area contributed by atoms with E-state index in [1.165, 1.54) is 5.56 Å². The van der Waals surface area contributed by atoms with Crippen LogP contribution in [0.1, 0.15) is 30.5 Å². The van der Waals surface area contributed by atoms with Crippen molar-refractivity contribution in [2.45, 2.75) is 33.7 Å². The Bertz CT molecular complexity index is 853. The lowest BCUT2D eigenvalue weighted by molar-refractivity contribution is -0.134. The van der Waals surface area contributed by atoms with Crippen LogP contribution in [-0.4, -0.2) is 37.2 Å². The second-order valence-electron chi connectivity index (χ2n) is 6.72. The predicted molar refractivity (Wildman–Crippen MR) is 110 cm³/mol. The van der Waals surface area contributed by atoms with Crippen LogP contribution in [0.3, 0.4) is 0 Å². The molecule has 0 N–H and O–H groups in total. The van der Waals surface area contributed by atoms with E-state index in [1.807, 2.05) is 49.9 Å². The molecule has 150 valence electrons. The van der Waals surface area contributed by atoms with Crippen molar-refractivity contribution in [1.82, 2.24) is 4.90 Å². The molecule has 1 amide bonds. The molecule has 0 aliphatic carbocycles. The number of fused-ring (bicyclic) bond motifs is 1. The summed E-state index contributed by atoms with van der Waals surface area (Å²) in [5.74, 6) is 1.96. The molecule has 2 aromatic rings. The van der Waals surface area contributed by atoms with Gasteiger partial charge in [0.05, 0.1) is 18.2 Å². The SMILES string of the molecule is CCOc1cc2c(cc1OCC)CN(C(=O)COc1cc(C)ccc1Cl)CC2. The van der Waals surface area contributed by atoms with Crippen molar-refractivity contribution in [1.29, 1.82) is 0 Å². The molecule has 0 atom stereocenters. The Labute approximate surface area is 171 Å². The minimum absolute atomic E-state index is 0.0339. The molecule has 0 aromatic heterocycles. The number of amides is 1. The van der Waals surface area contributed by atoms with E-state index in [0.717, 1.165) is 29.0 Å². The van der Waals surface area contributed by atoms with Crippen molar-refractivity contribution in [3.63, 3.8) is 0 Å². The quantitative estimate of drug-likeness (QED) is 0.687. The first kappa shape index (κ1) is 20.3. The first-order valence-electron chi connectivity index (χ1n) is 9.60. The van der Waals surface area contributed by atoms with E-state index in [1.54, 1.807) is 6.07 Å². The highest BCUT2D eigenvalue weighted by Crippen LogP contribution is 2.34. The van der Waals surface area contributed by atoms with Gasteiger partial charge in [-0.15, -0.1) is 0 Å². The lowest BCUT2D eigenvalue weighted by Gasteiger charge is -2.30. The van der Waals surface area contributed by atoms with Gasteiger partial charge in [0.15, 0.2) is 18.1 Å². The highest BCUT2D eigenvalue weighted by molar-refractivity contribution is 6.32. The van der Waals surface area contributed by atoms with Crippen LogP contribution in [-0.2, 0) is 17.8 Å². The zero-order valence-electron chi connectivity index (χ0n) is 16.6. The van der Waals surface area contributed by atoms with Gasteiger partial charge in [0.1, 0.15) is 5.75 Å². The zero-order valence-corrected chi connectivity index (χ0v) is 17.3. The average molecular weight is 404 g/mol. The Hall–Kier alpha value is -2.40. The fourth-order valence-electron chi connectivity index (χ4n) is 3.27. The van der Waals surface area contributed by atoms with Crippen LogP contribution in [0.2, 0.25) is 5.02 Å². The summed E-state index contributed by atoms with van der Waals surface area (Å²) in [5, 5.41) is 0.507. The van der Waals surface area contributed by atoms with Crippen molar-refractivity contribution < 1.29 is 19.0 Å². The molecule has 0 saturated carbocycles. The molecule has 2 aromatic carbocycles. The maximum Gasteiger partial charge on any atom is 0.260 e. The third-order valence-corrected chi connectivity index (χ3v) is 4.98. The molecule has 0 spiro atoms. The molecule has 1 aliphatic rings. The summed E-state index contributed by atoms with van der Waals surface area (Å²) < 4.78 is 17.1. The normalized spacial score (nSPS) is 13.1. The predicted octanol–water partition coefficient (Wildman–Crippen LogP) is 4.41. The Morgan fingerprint density at radius 1 is 1.00 bits per heavy atom. The summed E-state index contributed by atoms with van der Waals surface area (Å²) >= 11 is 6.14. The summed E-state index contributed by atoms with van der Waals surface area (Å²) in [4.78, 5) is 14.5. The third kappa shape index (κ3) is 4.71. The number of carbonyl (C=O) groups excluding carboxylic acids is 1. The average Bonchev–Trinajstić information content (AvgIpc) is 2.69. The minimum atomic E-state index is -0.0601. The number of nitrogens with zero attached hydrogens (tertiary/aromatic N) is 1. The molecule has 0 fully saturated rings. The van der Waals surface area contributed by atoms with E-state index in [9.17, 15) is 4.79 Å². The zero-order chi connectivity index (χ0) is 20.1. The van der Waals surface area contributed by atoms with Crippen LogP contribution in [0.5, 0.6) is 17.2 Å². The summed E-state index contributed by atoms with van der Waals surface area (Å²) in [7, 11) is 0. The molecule has 1 aliphatic heterocycles. The fourth-order valence-corrected chi connectivity index (χ4v) is 3.44. The van der Waals surface area contributed by atoms with Gasteiger partial charge in [0.2, 0.25) is 0 Å². The van der Waals surface area contributed by atoms with Crippen molar-refractivity contribution >= 4 is 17.5 Å². The van der Waals surface area contributed by atoms with Crippen molar-refractivity contribution in [2.75, 3.05) is 26.4 Å². The summed E-state index contributed by atoms with van der Waals surface area (Å²) in [5.41, 5.74) is 3.31. The Kier molecular flexibility index (Phi) is 6.68. The first-order chi connectivity index (χ1) is 13.5. The number of halogens is 1. The Balaban J connectivity index is 1.69. The van der Waals surface area contributed by atoms with Crippen LogP contribution in [0.15, 0.2) is 30.3 Å². The van der Waals surface area contributed by atoms with Crippen LogP contribution >= 0.6 is 11.6 Å². The van der Waals surface area contributed by atoms with Crippen molar-refractivity contribution in [2.24, 2.45) is 0 Å². The maximum absolute atomic E-state index is 12.7. The highest BCUT2D eigenvalue weighted by atomic mass is 35.5.